The summed E-state index contributed by atoms with van der Waals surface area (Å²) in [5.74, 6) is 2.14. The molecule has 0 spiro atoms. The van der Waals surface area contributed by atoms with Crippen LogP contribution >= 0.6 is 0 Å². The second-order valence-electron chi connectivity index (χ2n) is 5.81. The smallest absolute Gasteiger partial charge is 0.158 e. The first kappa shape index (κ1) is 15.0. The average molecular weight is 280 g/mol. The van der Waals surface area contributed by atoms with Crippen molar-refractivity contribution >= 4 is 11.6 Å². The number of ether oxygens (including phenoxy) is 1. The van der Waals surface area contributed by atoms with Crippen LogP contribution in [0.5, 0.6) is 0 Å². The van der Waals surface area contributed by atoms with Crippen molar-refractivity contribution < 1.29 is 9.84 Å². The Hall–Kier alpha value is -1.40. The first-order chi connectivity index (χ1) is 9.50. The molecule has 0 aromatic carbocycles. The molecule has 1 heterocycles. The molecule has 0 saturated heterocycles. The zero-order valence-corrected chi connectivity index (χ0v) is 12.2. The quantitative estimate of drug-likeness (QED) is 0.758. The Morgan fingerprint density at radius 2 is 2.35 bits per heavy atom. The number of hydrogen-bond donors (Lipinski definition) is 3. The minimum atomic E-state index is -0.654. The van der Waals surface area contributed by atoms with Gasteiger partial charge in [0.25, 0.3) is 0 Å². The van der Waals surface area contributed by atoms with Crippen molar-refractivity contribution in [2.75, 3.05) is 24.7 Å². The SMILES string of the molecule is COCc1nc(N)cc(NCC2(O)CCCC(C)C2)n1. The molecule has 1 aliphatic rings. The van der Waals surface area contributed by atoms with Gasteiger partial charge in [0.05, 0.1) is 5.60 Å². The summed E-state index contributed by atoms with van der Waals surface area (Å²) in [6.07, 6.45) is 3.92. The van der Waals surface area contributed by atoms with Crippen LogP contribution in [0.2, 0.25) is 0 Å². The van der Waals surface area contributed by atoms with E-state index >= 15 is 0 Å². The van der Waals surface area contributed by atoms with Gasteiger partial charge in [0.15, 0.2) is 5.82 Å². The van der Waals surface area contributed by atoms with Crippen LogP contribution in [0, 0.1) is 5.92 Å². The van der Waals surface area contributed by atoms with Crippen molar-refractivity contribution in [2.24, 2.45) is 5.92 Å². The Morgan fingerprint density at radius 1 is 1.55 bits per heavy atom. The summed E-state index contributed by atoms with van der Waals surface area (Å²) in [4.78, 5) is 8.41. The summed E-state index contributed by atoms with van der Waals surface area (Å²) in [7, 11) is 1.59. The van der Waals surface area contributed by atoms with Crippen molar-refractivity contribution in [1.82, 2.24) is 9.97 Å². The summed E-state index contributed by atoms with van der Waals surface area (Å²) >= 11 is 0. The fourth-order valence-electron chi connectivity index (χ4n) is 2.85. The first-order valence-corrected chi connectivity index (χ1v) is 7.09. The number of aliphatic hydroxyl groups is 1. The fraction of sp³-hybridized carbons (Fsp3) is 0.714. The summed E-state index contributed by atoms with van der Waals surface area (Å²) in [6, 6.07) is 1.68. The third-order valence-corrected chi connectivity index (χ3v) is 3.73. The van der Waals surface area contributed by atoms with Crippen molar-refractivity contribution in [3.05, 3.63) is 11.9 Å². The Balaban J connectivity index is 1.99. The van der Waals surface area contributed by atoms with Crippen LogP contribution < -0.4 is 11.1 Å². The molecule has 112 valence electrons. The Labute approximate surface area is 119 Å². The van der Waals surface area contributed by atoms with E-state index in [1.54, 1.807) is 13.2 Å². The maximum Gasteiger partial charge on any atom is 0.158 e. The molecule has 1 aliphatic carbocycles. The monoisotopic (exact) mass is 280 g/mol. The number of hydrogen-bond acceptors (Lipinski definition) is 6. The largest absolute Gasteiger partial charge is 0.388 e. The second-order valence-corrected chi connectivity index (χ2v) is 5.81. The zero-order valence-electron chi connectivity index (χ0n) is 12.2. The molecule has 1 fully saturated rings. The van der Waals surface area contributed by atoms with Gasteiger partial charge in [-0.25, -0.2) is 9.97 Å². The number of nitrogens with zero attached hydrogens (tertiary/aromatic N) is 2. The van der Waals surface area contributed by atoms with Crippen LogP contribution in [0.25, 0.3) is 0 Å². The predicted molar refractivity (Wildman–Crippen MR) is 78.2 cm³/mol. The van der Waals surface area contributed by atoms with Crippen molar-refractivity contribution in [3.63, 3.8) is 0 Å². The van der Waals surface area contributed by atoms with E-state index in [1.165, 1.54) is 6.42 Å². The molecule has 1 aromatic rings. The van der Waals surface area contributed by atoms with E-state index in [1.807, 2.05) is 0 Å². The van der Waals surface area contributed by atoms with E-state index in [-0.39, 0.29) is 0 Å². The molecule has 1 saturated carbocycles. The lowest BCUT2D eigenvalue weighted by molar-refractivity contribution is -0.000835. The molecule has 2 unspecified atom stereocenters. The molecule has 6 heteroatoms. The van der Waals surface area contributed by atoms with Gasteiger partial charge < -0.3 is 20.9 Å². The van der Waals surface area contributed by atoms with E-state index in [0.717, 1.165) is 19.3 Å². The molecular formula is C14H24N4O2. The van der Waals surface area contributed by atoms with Crippen LogP contribution in [-0.2, 0) is 11.3 Å². The Kier molecular flexibility index (Phi) is 4.77. The molecule has 4 N–H and O–H groups in total. The van der Waals surface area contributed by atoms with Crippen LogP contribution in [0.4, 0.5) is 11.6 Å². The predicted octanol–water partition coefficient (Wildman–Crippen LogP) is 1.56. The van der Waals surface area contributed by atoms with E-state index < -0.39 is 5.60 Å². The molecule has 0 bridgehead atoms. The first-order valence-electron chi connectivity index (χ1n) is 7.09. The van der Waals surface area contributed by atoms with Crippen LogP contribution in [0.3, 0.4) is 0 Å². The molecule has 2 atom stereocenters. The minimum absolute atomic E-state index is 0.320. The lowest BCUT2D eigenvalue weighted by Crippen LogP contribution is -2.41. The number of nitrogens with two attached hydrogens (primary N) is 1. The average Bonchev–Trinajstić information content (AvgIpc) is 2.36. The van der Waals surface area contributed by atoms with E-state index in [0.29, 0.717) is 36.5 Å². The van der Waals surface area contributed by atoms with Gasteiger partial charge >= 0.3 is 0 Å². The minimum Gasteiger partial charge on any atom is -0.388 e. The molecule has 20 heavy (non-hydrogen) atoms. The summed E-state index contributed by atoms with van der Waals surface area (Å²) in [5, 5.41) is 13.8. The van der Waals surface area contributed by atoms with E-state index in [9.17, 15) is 5.11 Å². The highest BCUT2D eigenvalue weighted by molar-refractivity contribution is 5.44. The van der Waals surface area contributed by atoms with E-state index in [4.69, 9.17) is 10.5 Å². The van der Waals surface area contributed by atoms with Crippen molar-refractivity contribution in [2.45, 2.75) is 44.8 Å². The maximum atomic E-state index is 10.6. The number of rotatable bonds is 5. The lowest BCUT2D eigenvalue weighted by Gasteiger charge is -2.35. The molecule has 0 radical (unpaired) electrons. The summed E-state index contributed by atoms with van der Waals surface area (Å²) in [5.41, 5.74) is 5.09. The number of nitrogen functional groups attached to an aromatic ring is 1. The summed E-state index contributed by atoms with van der Waals surface area (Å²) in [6.45, 7) is 2.99. The zero-order chi connectivity index (χ0) is 14.6. The topological polar surface area (TPSA) is 93.3 Å². The molecule has 0 aliphatic heterocycles. The Bertz CT molecular complexity index is 455. The lowest BCUT2D eigenvalue weighted by atomic mass is 9.79. The molecule has 0 amide bonds. The molecule has 1 aromatic heterocycles. The van der Waals surface area contributed by atoms with Gasteiger partial charge in [0.1, 0.15) is 18.2 Å². The number of methoxy groups -OCH3 is 1. The van der Waals surface area contributed by atoms with Crippen LogP contribution in [-0.4, -0.2) is 34.3 Å². The standard InChI is InChI=1S/C14H24N4O2/c1-10-4-3-5-14(19,7-10)9-16-12-6-11(15)17-13(18-12)8-20-2/h6,10,19H,3-5,7-9H2,1-2H3,(H3,15,16,17,18). The van der Waals surface area contributed by atoms with Gasteiger partial charge in [-0.1, -0.05) is 19.8 Å². The highest BCUT2D eigenvalue weighted by atomic mass is 16.5. The van der Waals surface area contributed by atoms with Crippen LogP contribution in [0.1, 0.15) is 38.4 Å². The van der Waals surface area contributed by atoms with Crippen LogP contribution in [0.15, 0.2) is 6.07 Å². The summed E-state index contributed by atoms with van der Waals surface area (Å²) < 4.78 is 5.01. The molecular weight excluding hydrogens is 256 g/mol. The molecule has 6 nitrogen and oxygen atoms in total. The van der Waals surface area contributed by atoms with Gasteiger partial charge in [-0.05, 0) is 18.8 Å². The number of nitrogens with one attached hydrogen (secondary N) is 1. The molecule has 2 rings (SSSR count). The third kappa shape index (κ3) is 4.05. The maximum absolute atomic E-state index is 10.6. The number of aromatic nitrogens is 2. The van der Waals surface area contributed by atoms with Gasteiger partial charge in [0, 0.05) is 19.7 Å². The third-order valence-electron chi connectivity index (χ3n) is 3.73. The fourth-order valence-corrected chi connectivity index (χ4v) is 2.85. The highest BCUT2D eigenvalue weighted by Gasteiger charge is 2.32. The second kappa shape index (κ2) is 6.37. The van der Waals surface area contributed by atoms with Crippen molar-refractivity contribution in [1.29, 1.82) is 0 Å². The number of anilines is 2. The normalized spacial score (nSPS) is 26.4. The van der Waals surface area contributed by atoms with Gasteiger partial charge in [0.2, 0.25) is 0 Å². The van der Waals surface area contributed by atoms with E-state index in [2.05, 4.69) is 22.2 Å². The van der Waals surface area contributed by atoms with Gasteiger partial charge in [-0.2, -0.15) is 0 Å². The Morgan fingerprint density at radius 3 is 3.05 bits per heavy atom. The highest BCUT2D eigenvalue weighted by Crippen LogP contribution is 2.32. The van der Waals surface area contributed by atoms with Gasteiger partial charge in [-0.15, -0.1) is 0 Å². The van der Waals surface area contributed by atoms with Crippen molar-refractivity contribution in [3.8, 4) is 0 Å². The van der Waals surface area contributed by atoms with Gasteiger partial charge in [-0.3, -0.25) is 0 Å².